The smallest absolute Gasteiger partial charge is 0.416 e. The number of halogens is 3. The number of rotatable bonds is 2. The number of nitrogens with zero attached hydrogens (tertiary/aromatic N) is 2. The fourth-order valence-electron chi connectivity index (χ4n) is 2.95. The van der Waals surface area contributed by atoms with E-state index in [1.165, 1.54) is 35.4 Å². The Balaban J connectivity index is 1.90. The molecule has 0 saturated carbocycles. The summed E-state index contributed by atoms with van der Waals surface area (Å²) in [6.07, 6.45) is -3.69. The Morgan fingerprint density at radius 3 is 2.48 bits per heavy atom. The highest BCUT2D eigenvalue weighted by molar-refractivity contribution is 5.95. The average Bonchev–Trinajstić information content (AvgIpc) is 2.96. The lowest BCUT2D eigenvalue weighted by Gasteiger charge is -2.25. The van der Waals surface area contributed by atoms with Gasteiger partial charge in [-0.25, -0.2) is 4.98 Å². The van der Waals surface area contributed by atoms with E-state index in [1.807, 2.05) is 0 Å². The summed E-state index contributed by atoms with van der Waals surface area (Å²) >= 11 is 0. The van der Waals surface area contributed by atoms with E-state index < -0.39 is 29.8 Å². The number of aliphatic hydroxyl groups excluding tert-OH is 1. The highest BCUT2D eigenvalue weighted by atomic mass is 19.4. The Morgan fingerprint density at radius 2 is 1.88 bits per heavy atom. The molecule has 132 valence electrons. The topological polar surface area (TPSA) is 73.7 Å². The molecule has 8 heteroatoms. The summed E-state index contributed by atoms with van der Waals surface area (Å²) in [6.45, 7) is 0.0144. The van der Waals surface area contributed by atoms with Gasteiger partial charge in [-0.05, 0) is 36.2 Å². The molecular formula is C17H15F3N2O3. The second-order valence-electron chi connectivity index (χ2n) is 5.85. The van der Waals surface area contributed by atoms with Gasteiger partial charge in [0.25, 0.3) is 5.91 Å². The number of pyridine rings is 1. The normalized spacial score (nSPS) is 20.7. The molecule has 1 fully saturated rings. The van der Waals surface area contributed by atoms with E-state index in [2.05, 4.69) is 4.98 Å². The maximum absolute atomic E-state index is 12.7. The minimum absolute atomic E-state index is 0.0144. The van der Waals surface area contributed by atoms with Gasteiger partial charge < -0.3 is 15.1 Å². The molecule has 0 aliphatic carbocycles. The molecule has 1 saturated heterocycles. The van der Waals surface area contributed by atoms with Crippen molar-refractivity contribution < 1.29 is 28.2 Å². The first kappa shape index (κ1) is 17.2. The summed E-state index contributed by atoms with van der Waals surface area (Å²) in [7, 11) is 0. The van der Waals surface area contributed by atoms with Crippen molar-refractivity contribution in [2.75, 3.05) is 6.54 Å². The summed E-state index contributed by atoms with van der Waals surface area (Å²) < 4.78 is 38.1. The van der Waals surface area contributed by atoms with Crippen LogP contribution in [0.3, 0.4) is 0 Å². The van der Waals surface area contributed by atoms with Crippen LogP contribution in [0.25, 0.3) is 0 Å². The number of benzene rings is 1. The fourth-order valence-corrected chi connectivity index (χ4v) is 2.95. The monoisotopic (exact) mass is 352 g/mol. The fraction of sp³-hybridized carbons (Fsp3) is 0.294. The Hall–Kier alpha value is -2.61. The predicted molar refractivity (Wildman–Crippen MR) is 81.7 cm³/mol. The van der Waals surface area contributed by atoms with Crippen molar-refractivity contribution in [3.8, 4) is 5.75 Å². The molecule has 25 heavy (non-hydrogen) atoms. The van der Waals surface area contributed by atoms with Crippen molar-refractivity contribution in [2.24, 2.45) is 0 Å². The third kappa shape index (κ3) is 3.43. The highest BCUT2D eigenvalue weighted by Crippen LogP contribution is 2.36. The molecule has 1 aromatic carbocycles. The standard InChI is InChI=1S/C17H15F3N2O3/c18-17(19,20)11-5-3-10(4-6-11)13-8-12(23)9-22(13)16(25)15-14(24)2-1-7-21-15/h1-7,12-13,23-24H,8-9H2/t12-,13+/m1/s1. The Bertz CT molecular complexity index is 777. The largest absolute Gasteiger partial charge is 0.505 e. The Labute approximate surface area is 141 Å². The number of carbonyl (C=O) groups excluding carboxylic acids is 1. The summed E-state index contributed by atoms with van der Waals surface area (Å²) in [4.78, 5) is 17.8. The van der Waals surface area contributed by atoms with Crippen LogP contribution in [0.5, 0.6) is 5.75 Å². The van der Waals surface area contributed by atoms with Crippen LogP contribution in [-0.2, 0) is 6.18 Å². The number of aliphatic hydroxyl groups is 1. The summed E-state index contributed by atoms with van der Waals surface area (Å²) in [5.74, 6) is -0.875. The first-order chi connectivity index (χ1) is 11.8. The summed E-state index contributed by atoms with van der Waals surface area (Å²) in [5, 5.41) is 19.7. The Morgan fingerprint density at radius 1 is 1.20 bits per heavy atom. The van der Waals surface area contributed by atoms with Crippen molar-refractivity contribution in [3.05, 3.63) is 59.4 Å². The SMILES string of the molecule is O=C(c1ncccc1O)N1C[C@H](O)C[C@H]1c1ccc(C(F)(F)F)cc1. The maximum Gasteiger partial charge on any atom is 0.416 e. The van der Waals surface area contributed by atoms with E-state index in [0.29, 0.717) is 5.56 Å². The van der Waals surface area contributed by atoms with Gasteiger partial charge in [-0.15, -0.1) is 0 Å². The van der Waals surface area contributed by atoms with Gasteiger partial charge >= 0.3 is 6.18 Å². The quantitative estimate of drug-likeness (QED) is 0.872. The van der Waals surface area contributed by atoms with Crippen LogP contribution in [0.1, 0.15) is 34.1 Å². The molecule has 1 aromatic heterocycles. The van der Waals surface area contributed by atoms with E-state index in [9.17, 15) is 28.2 Å². The van der Waals surface area contributed by atoms with Gasteiger partial charge in [-0.1, -0.05) is 12.1 Å². The number of alkyl halides is 3. The zero-order valence-corrected chi connectivity index (χ0v) is 12.9. The third-order valence-electron chi connectivity index (χ3n) is 4.15. The van der Waals surface area contributed by atoms with E-state index in [1.54, 1.807) is 0 Å². The van der Waals surface area contributed by atoms with E-state index in [4.69, 9.17) is 0 Å². The molecule has 2 atom stereocenters. The molecule has 0 spiro atoms. The molecule has 3 rings (SSSR count). The van der Waals surface area contributed by atoms with Crippen LogP contribution < -0.4 is 0 Å². The third-order valence-corrected chi connectivity index (χ3v) is 4.15. The van der Waals surface area contributed by atoms with Crippen LogP contribution in [0.2, 0.25) is 0 Å². The summed E-state index contributed by atoms with van der Waals surface area (Å²) in [5.41, 5.74) is -0.461. The number of hydrogen-bond acceptors (Lipinski definition) is 4. The lowest BCUT2D eigenvalue weighted by atomic mass is 10.0. The molecule has 0 unspecified atom stereocenters. The molecule has 1 aliphatic heterocycles. The predicted octanol–water partition coefficient (Wildman–Crippen LogP) is 2.75. The molecule has 1 amide bonds. The maximum atomic E-state index is 12.7. The minimum atomic E-state index is -4.44. The number of aromatic hydroxyl groups is 1. The molecular weight excluding hydrogens is 337 g/mol. The highest BCUT2D eigenvalue weighted by Gasteiger charge is 2.37. The molecule has 5 nitrogen and oxygen atoms in total. The first-order valence-corrected chi connectivity index (χ1v) is 7.57. The van der Waals surface area contributed by atoms with Crippen LogP contribution in [-0.4, -0.2) is 38.7 Å². The number of carbonyl (C=O) groups is 1. The second-order valence-corrected chi connectivity index (χ2v) is 5.85. The van der Waals surface area contributed by atoms with Gasteiger partial charge in [-0.2, -0.15) is 13.2 Å². The lowest BCUT2D eigenvalue weighted by Crippen LogP contribution is -2.32. The van der Waals surface area contributed by atoms with Crippen molar-refractivity contribution in [2.45, 2.75) is 24.7 Å². The van der Waals surface area contributed by atoms with Crippen LogP contribution in [0.4, 0.5) is 13.2 Å². The van der Waals surface area contributed by atoms with E-state index >= 15 is 0 Å². The van der Waals surface area contributed by atoms with E-state index in [0.717, 1.165) is 12.1 Å². The second kappa shape index (κ2) is 6.36. The van der Waals surface area contributed by atoms with Crippen molar-refractivity contribution >= 4 is 5.91 Å². The molecule has 0 radical (unpaired) electrons. The number of likely N-dealkylation sites (tertiary alicyclic amines) is 1. The number of hydrogen-bond donors (Lipinski definition) is 2. The zero-order valence-electron chi connectivity index (χ0n) is 12.9. The number of amides is 1. The first-order valence-electron chi connectivity index (χ1n) is 7.57. The Kier molecular flexibility index (Phi) is 4.38. The van der Waals surface area contributed by atoms with Gasteiger partial charge in [0.1, 0.15) is 5.75 Å². The van der Waals surface area contributed by atoms with Gasteiger partial charge in [-0.3, -0.25) is 4.79 Å². The van der Waals surface area contributed by atoms with Gasteiger partial charge in [0.2, 0.25) is 0 Å². The molecule has 1 aliphatic rings. The van der Waals surface area contributed by atoms with Gasteiger partial charge in [0.15, 0.2) is 5.69 Å². The van der Waals surface area contributed by atoms with Gasteiger partial charge in [0, 0.05) is 12.7 Å². The van der Waals surface area contributed by atoms with Crippen molar-refractivity contribution in [1.82, 2.24) is 9.88 Å². The molecule has 2 heterocycles. The minimum Gasteiger partial charge on any atom is -0.505 e. The molecule has 2 N–H and O–H groups in total. The van der Waals surface area contributed by atoms with Crippen molar-refractivity contribution in [3.63, 3.8) is 0 Å². The lowest BCUT2D eigenvalue weighted by molar-refractivity contribution is -0.137. The number of β-amino-alcohol motifs (C(OH)–C–C–N with tert-alkyl or cyclic N) is 1. The molecule has 0 bridgehead atoms. The summed E-state index contributed by atoms with van der Waals surface area (Å²) in [6, 6.07) is 6.68. The number of aromatic nitrogens is 1. The van der Waals surface area contributed by atoms with Crippen molar-refractivity contribution in [1.29, 1.82) is 0 Å². The van der Waals surface area contributed by atoms with Crippen LogP contribution in [0.15, 0.2) is 42.6 Å². The van der Waals surface area contributed by atoms with Crippen LogP contribution >= 0.6 is 0 Å². The molecule has 2 aromatic rings. The van der Waals surface area contributed by atoms with Crippen LogP contribution in [0, 0.1) is 0 Å². The van der Waals surface area contributed by atoms with Gasteiger partial charge in [0.05, 0.1) is 17.7 Å². The zero-order chi connectivity index (χ0) is 18.2. The van der Waals surface area contributed by atoms with E-state index in [-0.39, 0.29) is 24.4 Å². The average molecular weight is 352 g/mol.